The van der Waals surface area contributed by atoms with Crippen LogP contribution in [0.5, 0.6) is 0 Å². The summed E-state index contributed by atoms with van der Waals surface area (Å²) in [6, 6.07) is 7.57. The van der Waals surface area contributed by atoms with Gasteiger partial charge in [-0.25, -0.2) is 14.5 Å². The summed E-state index contributed by atoms with van der Waals surface area (Å²) in [4.78, 5) is 20.3. The molecule has 0 amide bonds. The Balaban J connectivity index is 1.96. The van der Waals surface area contributed by atoms with E-state index in [1.807, 2.05) is 24.3 Å². The normalized spacial score (nSPS) is 10.7. The van der Waals surface area contributed by atoms with E-state index in [1.165, 1.54) is 10.9 Å². The van der Waals surface area contributed by atoms with Gasteiger partial charge in [0.1, 0.15) is 0 Å². The monoisotopic (exact) mass is 268 g/mol. The van der Waals surface area contributed by atoms with Crippen LogP contribution in [0.3, 0.4) is 0 Å². The molecule has 0 bridgehead atoms. The van der Waals surface area contributed by atoms with Gasteiger partial charge in [0.2, 0.25) is 0 Å². The van der Waals surface area contributed by atoms with Crippen molar-refractivity contribution in [3.63, 3.8) is 0 Å². The molecule has 20 heavy (non-hydrogen) atoms. The lowest BCUT2D eigenvalue weighted by atomic mass is 10.3. The van der Waals surface area contributed by atoms with Crippen LogP contribution in [-0.4, -0.2) is 32.3 Å². The number of esters is 1. The minimum absolute atomic E-state index is 0.333. The highest BCUT2D eigenvalue weighted by Crippen LogP contribution is 2.12. The lowest BCUT2D eigenvalue weighted by Gasteiger charge is -2.01. The van der Waals surface area contributed by atoms with Crippen molar-refractivity contribution in [1.82, 2.24) is 19.7 Å². The third kappa shape index (κ3) is 2.23. The molecule has 0 aliphatic carbocycles. The first kappa shape index (κ1) is 12.3. The summed E-state index contributed by atoms with van der Waals surface area (Å²) in [6.45, 7) is 2.09. The molecule has 0 unspecified atom stereocenters. The zero-order valence-electron chi connectivity index (χ0n) is 10.9. The topological polar surface area (TPSA) is 69.9 Å². The van der Waals surface area contributed by atoms with Crippen LogP contribution in [-0.2, 0) is 4.74 Å². The Hall–Kier alpha value is -2.76. The Labute approximate surface area is 115 Å². The van der Waals surface area contributed by atoms with Gasteiger partial charge in [0.05, 0.1) is 35.6 Å². The Morgan fingerprint density at radius 3 is 2.85 bits per heavy atom. The summed E-state index contributed by atoms with van der Waals surface area (Å²) in [5.74, 6) is 0.159. The Morgan fingerprint density at radius 2 is 2.05 bits per heavy atom. The summed E-state index contributed by atoms with van der Waals surface area (Å²) in [6.07, 6.45) is 4.65. The first-order valence-electron chi connectivity index (χ1n) is 6.22. The minimum Gasteiger partial charge on any atom is -0.462 e. The van der Waals surface area contributed by atoms with E-state index in [2.05, 4.69) is 15.1 Å². The highest BCUT2D eigenvalue weighted by atomic mass is 16.5. The van der Waals surface area contributed by atoms with Crippen molar-refractivity contribution in [2.75, 3.05) is 6.61 Å². The van der Waals surface area contributed by atoms with Crippen molar-refractivity contribution >= 4 is 17.0 Å². The molecule has 0 radical (unpaired) electrons. The summed E-state index contributed by atoms with van der Waals surface area (Å²) in [5.41, 5.74) is 1.98. The van der Waals surface area contributed by atoms with Gasteiger partial charge in [-0.1, -0.05) is 12.1 Å². The summed E-state index contributed by atoms with van der Waals surface area (Å²) < 4.78 is 6.42. The predicted octanol–water partition coefficient (Wildman–Crippen LogP) is 1.99. The summed E-state index contributed by atoms with van der Waals surface area (Å²) in [7, 11) is 0. The first-order valence-corrected chi connectivity index (χ1v) is 6.22. The first-order chi connectivity index (χ1) is 9.78. The number of benzene rings is 1. The van der Waals surface area contributed by atoms with Crippen molar-refractivity contribution in [2.45, 2.75) is 6.92 Å². The van der Waals surface area contributed by atoms with Crippen molar-refractivity contribution in [2.24, 2.45) is 0 Å². The fourth-order valence-corrected chi connectivity index (χ4v) is 1.83. The van der Waals surface area contributed by atoms with Gasteiger partial charge in [0.15, 0.2) is 5.82 Å². The Morgan fingerprint density at radius 1 is 1.25 bits per heavy atom. The summed E-state index contributed by atoms with van der Waals surface area (Å²) >= 11 is 0. The molecule has 0 aliphatic heterocycles. The molecule has 6 heteroatoms. The van der Waals surface area contributed by atoms with Gasteiger partial charge in [-0.05, 0) is 19.1 Å². The maximum Gasteiger partial charge on any atom is 0.341 e. The number of para-hydroxylation sites is 2. The van der Waals surface area contributed by atoms with Crippen LogP contribution in [0.1, 0.15) is 17.3 Å². The van der Waals surface area contributed by atoms with Crippen molar-refractivity contribution in [1.29, 1.82) is 0 Å². The molecule has 3 aromatic rings. The average Bonchev–Trinajstić information content (AvgIpc) is 2.97. The smallest absolute Gasteiger partial charge is 0.341 e. The number of hydrogen-bond acceptors (Lipinski definition) is 5. The number of fused-ring (bicyclic) bond motifs is 1. The highest BCUT2D eigenvalue weighted by Gasteiger charge is 2.11. The minimum atomic E-state index is -0.396. The van der Waals surface area contributed by atoms with Crippen LogP contribution in [0, 0.1) is 0 Å². The van der Waals surface area contributed by atoms with Crippen LogP contribution in [0.25, 0.3) is 16.9 Å². The Kier molecular flexibility index (Phi) is 3.12. The van der Waals surface area contributed by atoms with Crippen LogP contribution in [0.4, 0.5) is 0 Å². The molecule has 6 nitrogen and oxygen atoms in total. The van der Waals surface area contributed by atoms with Gasteiger partial charge in [0.25, 0.3) is 0 Å². The van der Waals surface area contributed by atoms with Crippen LogP contribution in [0.15, 0.2) is 42.9 Å². The number of carbonyl (C=O) groups is 1. The highest BCUT2D eigenvalue weighted by molar-refractivity contribution is 5.88. The lowest BCUT2D eigenvalue weighted by molar-refractivity contribution is 0.0526. The van der Waals surface area contributed by atoms with Gasteiger partial charge in [0, 0.05) is 6.20 Å². The van der Waals surface area contributed by atoms with Gasteiger partial charge in [-0.2, -0.15) is 5.10 Å². The van der Waals surface area contributed by atoms with Gasteiger partial charge in [-0.3, -0.25) is 4.98 Å². The molecule has 2 aromatic heterocycles. The molecule has 3 rings (SSSR count). The zero-order valence-corrected chi connectivity index (χ0v) is 10.9. The zero-order chi connectivity index (χ0) is 13.9. The molecule has 0 aliphatic rings. The fraction of sp³-hybridized carbons (Fsp3) is 0.143. The maximum atomic E-state index is 11.6. The number of carbonyl (C=O) groups excluding carboxylic acids is 1. The molecule has 0 atom stereocenters. The van der Waals surface area contributed by atoms with Crippen molar-refractivity contribution < 1.29 is 9.53 Å². The molecule has 0 saturated heterocycles. The lowest BCUT2D eigenvalue weighted by Crippen LogP contribution is -2.03. The third-order valence-electron chi connectivity index (χ3n) is 2.76. The van der Waals surface area contributed by atoms with E-state index in [-0.39, 0.29) is 0 Å². The number of hydrogen-bond donors (Lipinski definition) is 0. The average molecular weight is 268 g/mol. The number of nitrogens with zero attached hydrogens (tertiary/aromatic N) is 4. The van der Waals surface area contributed by atoms with E-state index >= 15 is 0 Å². The predicted molar refractivity (Wildman–Crippen MR) is 72.6 cm³/mol. The second kappa shape index (κ2) is 5.08. The van der Waals surface area contributed by atoms with Crippen LogP contribution < -0.4 is 0 Å². The molecule has 2 heterocycles. The van der Waals surface area contributed by atoms with Gasteiger partial charge >= 0.3 is 5.97 Å². The molecule has 0 N–H and O–H groups in total. The fourth-order valence-electron chi connectivity index (χ4n) is 1.83. The van der Waals surface area contributed by atoms with E-state index in [9.17, 15) is 4.79 Å². The van der Waals surface area contributed by atoms with E-state index in [0.717, 1.165) is 11.0 Å². The molecular weight excluding hydrogens is 256 g/mol. The molecule has 1 aromatic carbocycles. The van der Waals surface area contributed by atoms with E-state index < -0.39 is 5.97 Å². The second-order valence-corrected chi connectivity index (χ2v) is 4.11. The standard InChI is InChI=1S/C14H12N4O2/c1-2-20-14(19)10-7-16-18(9-10)13-8-15-11-5-3-4-6-12(11)17-13/h3-9H,2H2,1H3. The van der Waals surface area contributed by atoms with Gasteiger partial charge < -0.3 is 4.74 Å². The van der Waals surface area contributed by atoms with Crippen molar-refractivity contribution in [3.05, 3.63) is 48.4 Å². The van der Waals surface area contributed by atoms with Crippen molar-refractivity contribution in [3.8, 4) is 5.82 Å². The largest absolute Gasteiger partial charge is 0.462 e. The van der Waals surface area contributed by atoms with E-state index in [4.69, 9.17) is 4.74 Å². The Bertz CT molecular complexity index is 766. The molecular formula is C14H12N4O2. The second-order valence-electron chi connectivity index (χ2n) is 4.11. The van der Waals surface area contributed by atoms with E-state index in [0.29, 0.717) is 18.0 Å². The molecule has 0 fully saturated rings. The molecule has 100 valence electrons. The van der Waals surface area contributed by atoms with Crippen LogP contribution >= 0.6 is 0 Å². The maximum absolute atomic E-state index is 11.6. The number of aromatic nitrogens is 4. The summed E-state index contributed by atoms with van der Waals surface area (Å²) in [5, 5.41) is 4.11. The van der Waals surface area contributed by atoms with E-state index in [1.54, 1.807) is 19.3 Å². The number of ether oxygens (including phenoxy) is 1. The molecule has 0 spiro atoms. The molecule has 0 saturated carbocycles. The van der Waals surface area contributed by atoms with Gasteiger partial charge in [-0.15, -0.1) is 0 Å². The van der Waals surface area contributed by atoms with Crippen LogP contribution in [0.2, 0.25) is 0 Å². The third-order valence-corrected chi connectivity index (χ3v) is 2.76. The quantitative estimate of drug-likeness (QED) is 0.679. The SMILES string of the molecule is CCOC(=O)c1cnn(-c2cnc3ccccc3n2)c1. The number of rotatable bonds is 3.